The van der Waals surface area contributed by atoms with Gasteiger partial charge in [-0.05, 0) is 18.9 Å². The van der Waals surface area contributed by atoms with Gasteiger partial charge in [0.1, 0.15) is 5.82 Å². The minimum absolute atomic E-state index is 0.614. The van der Waals surface area contributed by atoms with Gasteiger partial charge in [-0.2, -0.15) is 0 Å². The maximum atomic E-state index is 5.85. The van der Waals surface area contributed by atoms with E-state index in [1.165, 1.54) is 19.3 Å². The van der Waals surface area contributed by atoms with E-state index in [1.807, 2.05) is 6.07 Å². The molecule has 0 aromatic carbocycles. The topological polar surface area (TPSA) is 41.6 Å². The molecule has 1 aliphatic rings. The summed E-state index contributed by atoms with van der Waals surface area (Å²) in [7, 11) is 0. The second-order valence-electron chi connectivity index (χ2n) is 3.77. The Kier molecular flexibility index (Phi) is 1.74. The fourth-order valence-corrected chi connectivity index (χ4v) is 1.93. The molecular weight excluding hydrogens is 198 g/mol. The van der Waals surface area contributed by atoms with E-state index in [9.17, 15) is 0 Å². The molecule has 3 rings (SSSR count). The number of pyridine rings is 1. The van der Waals surface area contributed by atoms with Crippen molar-refractivity contribution >= 4 is 22.8 Å². The lowest BCUT2D eigenvalue weighted by Gasteiger charge is -2.22. The first kappa shape index (κ1) is 8.24. The molecule has 4 heteroatoms. The number of aromatic amines is 1. The van der Waals surface area contributed by atoms with Crippen molar-refractivity contribution in [2.75, 3.05) is 0 Å². The number of imidazole rings is 1. The number of aromatic nitrogens is 3. The summed E-state index contributed by atoms with van der Waals surface area (Å²) >= 11 is 5.85. The molecule has 0 aliphatic heterocycles. The third-order valence-corrected chi connectivity index (χ3v) is 3.02. The fraction of sp³-hybridized carbons (Fsp3) is 0.400. The molecule has 72 valence electrons. The van der Waals surface area contributed by atoms with E-state index in [-0.39, 0.29) is 0 Å². The molecule has 0 bridgehead atoms. The minimum Gasteiger partial charge on any atom is -0.340 e. The van der Waals surface area contributed by atoms with E-state index in [2.05, 4.69) is 15.0 Å². The van der Waals surface area contributed by atoms with Gasteiger partial charge in [-0.3, -0.25) is 0 Å². The molecule has 0 amide bonds. The predicted octanol–water partition coefficient (Wildman–Crippen LogP) is 2.88. The number of H-pyrrole nitrogens is 1. The van der Waals surface area contributed by atoms with Crippen molar-refractivity contribution in [3.05, 3.63) is 23.1 Å². The van der Waals surface area contributed by atoms with Crippen LogP contribution in [0.5, 0.6) is 0 Å². The molecule has 2 aromatic rings. The number of hydrogen-bond donors (Lipinski definition) is 1. The molecule has 2 heterocycles. The monoisotopic (exact) mass is 207 g/mol. The van der Waals surface area contributed by atoms with Crippen LogP contribution in [0.1, 0.15) is 31.0 Å². The van der Waals surface area contributed by atoms with Crippen LogP contribution in [0.2, 0.25) is 5.02 Å². The third kappa shape index (κ3) is 1.20. The SMILES string of the molecule is Clc1cnc2nc(C3CCC3)[nH]c2c1. The molecule has 2 aromatic heterocycles. The third-order valence-electron chi connectivity index (χ3n) is 2.81. The Bertz CT molecular complexity index is 473. The van der Waals surface area contributed by atoms with Crippen LogP contribution < -0.4 is 0 Å². The Morgan fingerprint density at radius 2 is 2.29 bits per heavy atom. The van der Waals surface area contributed by atoms with Crippen molar-refractivity contribution in [3.63, 3.8) is 0 Å². The highest BCUT2D eigenvalue weighted by molar-refractivity contribution is 6.30. The first-order valence-corrected chi connectivity index (χ1v) is 5.22. The van der Waals surface area contributed by atoms with E-state index in [1.54, 1.807) is 6.20 Å². The number of hydrogen-bond acceptors (Lipinski definition) is 2. The molecule has 0 unspecified atom stereocenters. The van der Waals surface area contributed by atoms with Crippen LogP contribution in [0, 0.1) is 0 Å². The number of nitrogens with one attached hydrogen (secondary N) is 1. The first-order valence-electron chi connectivity index (χ1n) is 4.84. The Labute approximate surface area is 86.5 Å². The smallest absolute Gasteiger partial charge is 0.177 e. The highest BCUT2D eigenvalue weighted by atomic mass is 35.5. The Balaban J connectivity index is 2.10. The summed E-state index contributed by atoms with van der Waals surface area (Å²) in [4.78, 5) is 11.9. The molecule has 14 heavy (non-hydrogen) atoms. The lowest BCUT2D eigenvalue weighted by Crippen LogP contribution is -2.10. The second kappa shape index (κ2) is 2.95. The molecule has 1 fully saturated rings. The zero-order valence-electron chi connectivity index (χ0n) is 7.63. The summed E-state index contributed by atoms with van der Waals surface area (Å²) in [6.45, 7) is 0. The molecule has 0 saturated heterocycles. The lowest BCUT2D eigenvalue weighted by molar-refractivity contribution is 0.404. The van der Waals surface area contributed by atoms with Gasteiger partial charge < -0.3 is 4.98 Å². The van der Waals surface area contributed by atoms with Gasteiger partial charge in [0.05, 0.1) is 10.5 Å². The van der Waals surface area contributed by atoms with E-state index < -0.39 is 0 Å². The van der Waals surface area contributed by atoms with Gasteiger partial charge in [0.2, 0.25) is 0 Å². The van der Waals surface area contributed by atoms with E-state index in [0.717, 1.165) is 17.0 Å². The molecule has 0 radical (unpaired) electrons. The Morgan fingerprint density at radius 1 is 1.43 bits per heavy atom. The van der Waals surface area contributed by atoms with Crippen LogP contribution >= 0.6 is 11.6 Å². The van der Waals surface area contributed by atoms with Crippen molar-refractivity contribution in [1.29, 1.82) is 0 Å². The molecule has 3 nitrogen and oxygen atoms in total. The van der Waals surface area contributed by atoms with Crippen molar-refractivity contribution in [2.45, 2.75) is 25.2 Å². The van der Waals surface area contributed by atoms with Gasteiger partial charge in [-0.15, -0.1) is 0 Å². The maximum Gasteiger partial charge on any atom is 0.177 e. The van der Waals surface area contributed by atoms with Crippen molar-refractivity contribution in [3.8, 4) is 0 Å². The lowest BCUT2D eigenvalue weighted by atomic mass is 9.85. The number of fused-ring (bicyclic) bond motifs is 1. The van der Waals surface area contributed by atoms with Gasteiger partial charge in [-0.25, -0.2) is 9.97 Å². The quantitative estimate of drug-likeness (QED) is 0.781. The molecule has 1 aliphatic carbocycles. The average Bonchev–Trinajstić information content (AvgIpc) is 2.43. The molecular formula is C10H10ClN3. The highest BCUT2D eigenvalue weighted by Gasteiger charge is 2.22. The van der Waals surface area contributed by atoms with Crippen molar-refractivity contribution < 1.29 is 0 Å². The maximum absolute atomic E-state index is 5.85. The van der Waals surface area contributed by atoms with Gasteiger partial charge in [0, 0.05) is 12.1 Å². The first-order chi connectivity index (χ1) is 6.83. The summed E-state index contributed by atoms with van der Waals surface area (Å²) in [6, 6.07) is 1.87. The molecule has 0 atom stereocenters. The van der Waals surface area contributed by atoms with Gasteiger partial charge in [-0.1, -0.05) is 18.0 Å². The summed E-state index contributed by atoms with van der Waals surface area (Å²) in [5.41, 5.74) is 1.72. The van der Waals surface area contributed by atoms with Gasteiger partial charge >= 0.3 is 0 Å². The average molecular weight is 208 g/mol. The second-order valence-corrected chi connectivity index (χ2v) is 4.21. The van der Waals surface area contributed by atoms with Crippen LogP contribution in [-0.4, -0.2) is 15.0 Å². The largest absolute Gasteiger partial charge is 0.340 e. The van der Waals surface area contributed by atoms with Crippen LogP contribution in [0.25, 0.3) is 11.2 Å². The number of halogens is 1. The predicted molar refractivity (Wildman–Crippen MR) is 55.5 cm³/mol. The van der Waals surface area contributed by atoms with E-state index in [4.69, 9.17) is 11.6 Å². The van der Waals surface area contributed by atoms with Gasteiger partial charge in [0.15, 0.2) is 5.65 Å². The van der Waals surface area contributed by atoms with Gasteiger partial charge in [0.25, 0.3) is 0 Å². The van der Waals surface area contributed by atoms with E-state index in [0.29, 0.717) is 10.9 Å². The normalized spacial score (nSPS) is 17.2. The number of rotatable bonds is 1. The zero-order chi connectivity index (χ0) is 9.54. The fourth-order valence-electron chi connectivity index (χ4n) is 1.77. The zero-order valence-corrected chi connectivity index (χ0v) is 8.38. The van der Waals surface area contributed by atoms with Crippen LogP contribution in [0.4, 0.5) is 0 Å². The molecule has 1 saturated carbocycles. The Hall–Kier alpha value is -1.09. The summed E-state index contributed by atoms with van der Waals surface area (Å²) in [6.07, 6.45) is 5.44. The Morgan fingerprint density at radius 3 is 3.00 bits per heavy atom. The molecule has 0 spiro atoms. The van der Waals surface area contributed by atoms with Crippen LogP contribution in [0.15, 0.2) is 12.3 Å². The standard InChI is InChI=1S/C10H10ClN3/c11-7-4-8-10(12-5-7)14-9(13-8)6-2-1-3-6/h4-6H,1-3H2,(H,12,13,14). The molecule has 1 N–H and O–H groups in total. The summed E-state index contributed by atoms with van der Waals surface area (Å²) in [5.74, 6) is 1.68. The summed E-state index contributed by atoms with van der Waals surface area (Å²) < 4.78 is 0. The van der Waals surface area contributed by atoms with Crippen molar-refractivity contribution in [1.82, 2.24) is 15.0 Å². The summed E-state index contributed by atoms with van der Waals surface area (Å²) in [5, 5.41) is 0.654. The number of nitrogens with zero attached hydrogens (tertiary/aromatic N) is 2. The van der Waals surface area contributed by atoms with Crippen LogP contribution in [-0.2, 0) is 0 Å². The van der Waals surface area contributed by atoms with E-state index >= 15 is 0 Å². The highest BCUT2D eigenvalue weighted by Crippen LogP contribution is 2.35. The van der Waals surface area contributed by atoms with Crippen molar-refractivity contribution in [2.24, 2.45) is 0 Å². The minimum atomic E-state index is 0.614. The van der Waals surface area contributed by atoms with Crippen LogP contribution in [0.3, 0.4) is 0 Å².